The van der Waals surface area contributed by atoms with Gasteiger partial charge in [0.1, 0.15) is 0 Å². The minimum atomic E-state index is 0.666. The number of hydrogen-bond acceptors (Lipinski definition) is 6. The van der Waals surface area contributed by atoms with Gasteiger partial charge in [-0.3, -0.25) is 4.90 Å². The highest BCUT2D eigenvalue weighted by Crippen LogP contribution is 2.26. The van der Waals surface area contributed by atoms with Gasteiger partial charge in [-0.05, 0) is 0 Å². The van der Waals surface area contributed by atoms with Crippen molar-refractivity contribution in [1.82, 2.24) is 15.2 Å². The first-order valence-corrected chi connectivity index (χ1v) is 6.92. The van der Waals surface area contributed by atoms with E-state index in [2.05, 4.69) is 15.2 Å². The first kappa shape index (κ1) is 11.2. The quantitative estimate of drug-likeness (QED) is 0.765. The van der Waals surface area contributed by atoms with E-state index in [-0.39, 0.29) is 0 Å². The molecule has 0 atom stereocenters. The van der Waals surface area contributed by atoms with Crippen LogP contribution in [0.1, 0.15) is 0 Å². The van der Waals surface area contributed by atoms with E-state index in [4.69, 9.17) is 5.73 Å². The van der Waals surface area contributed by atoms with Crippen molar-refractivity contribution in [2.24, 2.45) is 0 Å². The minimum Gasteiger partial charge on any atom is -0.375 e. The van der Waals surface area contributed by atoms with Crippen LogP contribution in [0.25, 0.3) is 0 Å². The van der Waals surface area contributed by atoms with Crippen molar-refractivity contribution in [3.05, 3.63) is 6.20 Å². The average molecular weight is 244 g/mol. The molecule has 1 aliphatic rings. The predicted octanol–water partition coefficient (Wildman–Crippen LogP) is 0.723. The minimum absolute atomic E-state index is 0.666. The van der Waals surface area contributed by atoms with Crippen LogP contribution in [0.15, 0.2) is 10.4 Å². The van der Waals surface area contributed by atoms with Crippen molar-refractivity contribution < 1.29 is 0 Å². The van der Waals surface area contributed by atoms with Gasteiger partial charge in [-0.1, -0.05) is 11.3 Å². The molecule has 0 aliphatic carbocycles. The molecule has 0 aromatic carbocycles. The van der Waals surface area contributed by atoms with E-state index in [1.54, 1.807) is 11.3 Å². The fraction of sp³-hybridized carbons (Fsp3) is 0.667. The number of aromatic nitrogens is 1. The topological polar surface area (TPSA) is 54.2 Å². The molecule has 0 saturated carbocycles. The number of thioether (sulfide) groups is 1. The molecular weight excluding hydrogens is 228 g/mol. The van der Waals surface area contributed by atoms with Crippen molar-refractivity contribution in [2.45, 2.75) is 4.21 Å². The molecule has 0 amide bonds. The van der Waals surface area contributed by atoms with Crippen LogP contribution < -0.4 is 11.1 Å². The van der Waals surface area contributed by atoms with E-state index < -0.39 is 0 Å². The van der Waals surface area contributed by atoms with Crippen LogP contribution in [0.4, 0.5) is 5.13 Å². The van der Waals surface area contributed by atoms with Crippen LogP contribution in [0.5, 0.6) is 0 Å². The summed E-state index contributed by atoms with van der Waals surface area (Å²) in [6.07, 6.45) is 1.86. The van der Waals surface area contributed by atoms with Gasteiger partial charge in [-0.2, -0.15) is 0 Å². The Morgan fingerprint density at radius 3 is 3.00 bits per heavy atom. The average Bonchev–Trinajstić information content (AvgIpc) is 2.66. The lowest BCUT2D eigenvalue weighted by Crippen LogP contribution is -2.44. The number of thiazole rings is 1. The molecule has 1 aromatic heterocycles. The third kappa shape index (κ3) is 3.64. The van der Waals surface area contributed by atoms with E-state index in [1.165, 1.54) is 17.3 Å². The zero-order valence-corrected chi connectivity index (χ0v) is 10.2. The zero-order valence-electron chi connectivity index (χ0n) is 8.61. The summed E-state index contributed by atoms with van der Waals surface area (Å²) >= 11 is 3.42. The molecule has 1 aromatic rings. The number of nitrogens with one attached hydrogen (secondary N) is 1. The summed E-state index contributed by atoms with van der Waals surface area (Å²) in [6.45, 7) is 5.75. The third-order valence-corrected chi connectivity index (χ3v) is 4.37. The number of nitrogens with zero attached hydrogens (tertiary/aromatic N) is 2. The summed E-state index contributed by atoms with van der Waals surface area (Å²) in [5.41, 5.74) is 5.57. The maximum absolute atomic E-state index is 5.57. The van der Waals surface area contributed by atoms with Crippen molar-refractivity contribution in [3.63, 3.8) is 0 Å². The van der Waals surface area contributed by atoms with E-state index in [1.807, 2.05) is 18.0 Å². The van der Waals surface area contributed by atoms with Gasteiger partial charge in [0.2, 0.25) is 0 Å². The van der Waals surface area contributed by atoms with Gasteiger partial charge in [0, 0.05) is 38.5 Å². The Labute approximate surface area is 98.2 Å². The Balaban J connectivity index is 1.65. The standard InChI is InChI=1S/C9H16N4S2/c10-9-12-7-8(15-9)14-6-5-13-3-1-11-2-4-13/h7,11H,1-6H2,(H2,10,12). The second-order valence-corrected chi connectivity index (χ2v) is 5.92. The summed E-state index contributed by atoms with van der Waals surface area (Å²) in [5, 5.41) is 4.02. The Hall–Kier alpha value is -0.300. The number of nitrogen functional groups attached to an aromatic ring is 1. The van der Waals surface area contributed by atoms with Gasteiger partial charge in [0.05, 0.1) is 10.4 Å². The van der Waals surface area contributed by atoms with Gasteiger partial charge < -0.3 is 11.1 Å². The molecule has 6 heteroatoms. The fourth-order valence-corrected chi connectivity index (χ4v) is 3.39. The van der Waals surface area contributed by atoms with E-state index in [9.17, 15) is 0 Å². The number of rotatable bonds is 4. The molecule has 2 heterocycles. The van der Waals surface area contributed by atoms with Crippen molar-refractivity contribution in [1.29, 1.82) is 0 Å². The Morgan fingerprint density at radius 2 is 2.33 bits per heavy atom. The maximum atomic E-state index is 5.57. The second kappa shape index (κ2) is 5.69. The van der Waals surface area contributed by atoms with Gasteiger partial charge in [0.15, 0.2) is 5.13 Å². The van der Waals surface area contributed by atoms with Crippen molar-refractivity contribution >= 4 is 28.2 Å². The summed E-state index contributed by atoms with van der Waals surface area (Å²) in [5.74, 6) is 1.13. The highest BCUT2D eigenvalue weighted by atomic mass is 32.2. The summed E-state index contributed by atoms with van der Waals surface area (Å²) in [7, 11) is 0. The smallest absolute Gasteiger partial charge is 0.181 e. The van der Waals surface area contributed by atoms with Gasteiger partial charge in [-0.25, -0.2) is 4.98 Å². The maximum Gasteiger partial charge on any atom is 0.181 e. The lowest BCUT2D eigenvalue weighted by Gasteiger charge is -2.26. The Morgan fingerprint density at radius 1 is 1.53 bits per heavy atom. The Bertz CT molecular complexity index is 296. The van der Waals surface area contributed by atoms with Crippen LogP contribution >= 0.6 is 23.1 Å². The molecule has 2 rings (SSSR count). The van der Waals surface area contributed by atoms with Crippen LogP contribution in [0.2, 0.25) is 0 Å². The first-order chi connectivity index (χ1) is 7.34. The van der Waals surface area contributed by atoms with Crippen molar-refractivity contribution in [3.8, 4) is 0 Å². The lowest BCUT2D eigenvalue weighted by atomic mass is 10.4. The van der Waals surface area contributed by atoms with Crippen LogP contribution in [-0.2, 0) is 0 Å². The van der Waals surface area contributed by atoms with E-state index in [0.717, 1.165) is 25.4 Å². The molecule has 1 fully saturated rings. The second-order valence-electron chi connectivity index (χ2n) is 3.46. The number of piperazine rings is 1. The molecule has 15 heavy (non-hydrogen) atoms. The molecule has 3 N–H and O–H groups in total. The zero-order chi connectivity index (χ0) is 10.5. The molecule has 4 nitrogen and oxygen atoms in total. The Kier molecular flexibility index (Phi) is 4.25. The number of nitrogens with two attached hydrogens (primary N) is 1. The van der Waals surface area contributed by atoms with Gasteiger partial charge in [-0.15, -0.1) is 11.8 Å². The summed E-state index contributed by atoms with van der Waals surface area (Å²) in [4.78, 5) is 6.53. The van der Waals surface area contributed by atoms with E-state index in [0.29, 0.717) is 5.13 Å². The number of hydrogen-bond donors (Lipinski definition) is 2. The normalized spacial score (nSPS) is 18.1. The molecule has 0 spiro atoms. The monoisotopic (exact) mass is 244 g/mol. The molecule has 0 radical (unpaired) electrons. The number of anilines is 1. The highest BCUT2D eigenvalue weighted by molar-refractivity contribution is 8.01. The molecule has 0 unspecified atom stereocenters. The summed E-state index contributed by atoms with van der Waals surface area (Å²) < 4.78 is 1.22. The van der Waals surface area contributed by atoms with Crippen LogP contribution in [-0.4, -0.2) is 48.4 Å². The molecular formula is C9H16N4S2. The molecule has 1 saturated heterocycles. The molecule has 0 bridgehead atoms. The third-order valence-electron chi connectivity index (χ3n) is 2.36. The van der Waals surface area contributed by atoms with E-state index >= 15 is 0 Å². The van der Waals surface area contributed by atoms with Crippen molar-refractivity contribution in [2.75, 3.05) is 44.2 Å². The summed E-state index contributed by atoms with van der Waals surface area (Å²) in [6, 6.07) is 0. The van der Waals surface area contributed by atoms with Gasteiger partial charge in [0.25, 0.3) is 0 Å². The van der Waals surface area contributed by atoms with Crippen LogP contribution in [0.3, 0.4) is 0 Å². The lowest BCUT2D eigenvalue weighted by molar-refractivity contribution is 0.255. The fourth-order valence-electron chi connectivity index (χ4n) is 1.55. The van der Waals surface area contributed by atoms with Crippen LogP contribution in [0, 0.1) is 0 Å². The van der Waals surface area contributed by atoms with Gasteiger partial charge >= 0.3 is 0 Å². The SMILES string of the molecule is Nc1ncc(SCCN2CCNCC2)s1. The molecule has 1 aliphatic heterocycles. The predicted molar refractivity (Wildman–Crippen MR) is 66.6 cm³/mol. The highest BCUT2D eigenvalue weighted by Gasteiger charge is 2.09. The largest absolute Gasteiger partial charge is 0.375 e. The molecule has 84 valence electrons. The first-order valence-electron chi connectivity index (χ1n) is 5.12.